The minimum atomic E-state index is -0.139. The zero-order valence-corrected chi connectivity index (χ0v) is 7.07. The summed E-state index contributed by atoms with van der Waals surface area (Å²) in [5.74, 6) is 0. The highest BCUT2D eigenvalue weighted by Crippen LogP contribution is 2.29. The molecular formula is C8H16N2. The zero-order valence-electron chi connectivity index (χ0n) is 7.07. The lowest BCUT2D eigenvalue weighted by Crippen LogP contribution is -2.47. The number of hydrogen-bond donors (Lipinski definition) is 1. The SMILES string of the molecule is CC.CNC1(C#N)CCC1. The Morgan fingerprint density at radius 2 is 1.90 bits per heavy atom. The molecule has 1 saturated carbocycles. The molecule has 1 aliphatic carbocycles. The molecule has 2 heteroatoms. The number of nitriles is 1. The molecule has 0 aromatic rings. The van der Waals surface area contributed by atoms with Gasteiger partial charge in [-0.15, -0.1) is 0 Å². The van der Waals surface area contributed by atoms with Gasteiger partial charge in [0.2, 0.25) is 0 Å². The third-order valence-corrected chi connectivity index (χ3v) is 1.90. The van der Waals surface area contributed by atoms with Crippen molar-refractivity contribution in [1.29, 1.82) is 5.26 Å². The van der Waals surface area contributed by atoms with E-state index < -0.39 is 0 Å². The van der Waals surface area contributed by atoms with Crippen molar-refractivity contribution in [3.8, 4) is 6.07 Å². The van der Waals surface area contributed by atoms with Gasteiger partial charge in [-0.25, -0.2) is 0 Å². The van der Waals surface area contributed by atoms with Crippen molar-refractivity contribution in [2.45, 2.75) is 38.6 Å². The summed E-state index contributed by atoms with van der Waals surface area (Å²) < 4.78 is 0. The fourth-order valence-electron chi connectivity index (χ4n) is 0.948. The van der Waals surface area contributed by atoms with E-state index in [2.05, 4.69) is 11.4 Å². The van der Waals surface area contributed by atoms with Gasteiger partial charge in [0.05, 0.1) is 6.07 Å². The fraction of sp³-hybridized carbons (Fsp3) is 0.875. The molecule has 1 fully saturated rings. The van der Waals surface area contributed by atoms with Crippen molar-refractivity contribution in [3.63, 3.8) is 0 Å². The molecule has 1 N–H and O–H groups in total. The summed E-state index contributed by atoms with van der Waals surface area (Å²) in [4.78, 5) is 0. The zero-order chi connectivity index (χ0) is 8.04. The van der Waals surface area contributed by atoms with Crippen molar-refractivity contribution in [3.05, 3.63) is 0 Å². The lowest BCUT2D eigenvalue weighted by molar-refractivity contribution is 0.273. The molecule has 0 amide bonds. The average Bonchev–Trinajstić information content (AvgIpc) is 1.93. The minimum Gasteiger partial charge on any atom is -0.302 e. The Bertz CT molecular complexity index is 114. The Kier molecular flexibility index (Phi) is 4.06. The molecule has 0 unspecified atom stereocenters. The van der Waals surface area contributed by atoms with E-state index in [1.807, 2.05) is 20.9 Å². The van der Waals surface area contributed by atoms with E-state index >= 15 is 0 Å². The van der Waals surface area contributed by atoms with E-state index in [0.29, 0.717) is 0 Å². The Morgan fingerprint density at radius 1 is 1.40 bits per heavy atom. The first-order chi connectivity index (χ1) is 4.83. The van der Waals surface area contributed by atoms with Gasteiger partial charge in [-0.3, -0.25) is 0 Å². The molecule has 1 aliphatic rings. The van der Waals surface area contributed by atoms with E-state index in [4.69, 9.17) is 5.26 Å². The number of nitrogens with one attached hydrogen (secondary N) is 1. The Morgan fingerprint density at radius 3 is 1.90 bits per heavy atom. The summed E-state index contributed by atoms with van der Waals surface area (Å²) in [6.07, 6.45) is 3.26. The maximum absolute atomic E-state index is 8.52. The maximum Gasteiger partial charge on any atom is 0.106 e. The monoisotopic (exact) mass is 140 g/mol. The standard InChI is InChI=1S/C6H10N2.C2H6/c1-8-6(5-7)3-2-4-6;1-2/h8H,2-4H2,1H3;1-2H3. The van der Waals surface area contributed by atoms with Crippen molar-refractivity contribution >= 4 is 0 Å². The van der Waals surface area contributed by atoms with Crippen LogP contribution in [0.3, 0.4) is 0 Å². The van der Waals surface area contributed by atoms with E-state index in [-0.39, 0.29) is 5.54 Å². The smallest absolute Gasteiger partial charge is 0.106 e. The van der Waals surface area contributed by atoms with Gasteiger partial charge in [0.1, 0.15) is 5.54 Å². The molecule has 0 bridgehead atoms. The first kappa shape index (κ1) is 9.45. The van der Waals surface area contributed by atoms with Crippen LogP contribution in [0.4, 0.5) is 0 Å². The molecule has 10 heavy (non-hydrogen) atoms. The van der Waals surface area contributed by atoms with Crippen molar-refractivity contribution in [2.75, 3.05) is 7.05 Å². The topological polar surface area (TPSA) is 35.8 Å². The van der Waals surface area contributed by atoms with Crippen LogP contribution in [0.1, 0.15) is 33.1 Å². The second-order valence-corrected chi connectivity index (χ2v) is 2.30. The average molecular weight is 140 g/mol. The lowest BCUT2D eigenvalue weighted by Gasteiger charge is -2.34. The first-order valence-electron chi connectivity index (χ1n) is 3.93. The van der Waals surface area contributed by atoms with Gasteiger partial charge in [0, 0.05) is 0 Å². The van der Waals surface area contributed by atoms with E-state index in [9.17, 15) is 0 Å². The van der Waals surface area contributed by atoms with Gasteiger partial charge in [0.15, 0.2) is 0 Å². The molecule has 1 rings (SSSR count). The van der Waals surface area contributed by atoms with Gasteiger partial charge < -0.3 is 5.32 Å². The summed E-state index contributed by atoms with van der Waals surface area (Å²) in [7, 11) is 1.85. The highest BCUT2D eigenvalue weighted by atomic mass is 15.0. The fourth-order valence-corrected chi connectivity index (χ4v) is 0.948. The molecule has 58 valence electrons. The second kappa shape index (κ2) is 4.29. The summed E-state index contributed by atoms with van der Waals surface area (Å²) in [6.45, 7) is 4.00. The van der Waals surface area contributed by atoms with Crippen LogP contribution in [-0.4, -0.2) is 12.6 Å². The van der Waals surface area contributed by atoms with Crippen molar-refractivity contribution in [1.82, 2.24) is 5.32 Å². The normalized spacial score (nSPS) is 19.4. The largest absolute Gasteiger partial charge is 0.302 e. The molecule has 0 spiro atoms. The van der Waals surface area contributed by atoms with E-state index in [1.54, 1.807) is 0 Å². The molecule has 0 aromatic heterocycles. The van der Waals surface area contributed by atoms with Crippen LogP contribution in [0.5, 0.6) is 0 Å². The van der Waals surface area contributed by atoms with Crippen LogP contribution in [0.15, 0.2) is 0 Å². The minimum absolute atomic E-state index is 0.139. The van der Waals surface area contributed by atoms with E-state index in [1.165, 1.54) is 6.42 Å². The van der Waals surface area contributed by atoms with Gasteiger partial charge >= 0.3 is 0 Å². The lowest BCUT2D eigenvalue weighted by atomic mass is 9.78. The molecule has 0 aliphatic heterocycles. The molecular weight excluding hydrogens is 124 g/mol. The number of hydrogen-bond acceptors (Lipinski definition) is 2. The van der Waals surface area contributed by atoms with Gasteiger partial charge in [-0.1, -0.05) is 13.8 Å². The van der Waals surface area contributed by atoms with Gasteiger partial charge in [0.25, 0.3) is 0 Å². The number of rotatable bonds is 1. The summed E-state index contributed by atoms with van der Waals surface area (Å²) >= 11 is 0. The highest BCUT2D eigenvalue weighted by Gasteiger charge is 2.34. The van der Waals surface area contributed by atoms with Crippen LogP contribution in [0.25, 0.3) is 0 Å². The van der Waals surface area contributed by atoms with Crippen molar-refractivity contribution < 1.29 is 0 Å². The molecule has 0 saturated heterocycles. The van der Waals surface area contributed by atoms with Crippen molar-refractivity contribution in [2.24, 2.45) is 0 Å². The van der Waals surface area contributed by atoms with Crippen LogP contribution >= 0.6 is 0 Å². The van der Waals surface area contributed by atoms with Gasteiger partial charge in [-0.2, -0.15) is 5.26 Å². The van der Waals surface area contributed by atoms with Crippen LogP contribution in [-0.2, 0) is 0 Å². The summed E-state index contributed by atoms with van der Waals surface area (Å²) in [5, 5.41) is 11.5. The quantitative estimate of drug-likeness (QED) is 0.601. The Balaban J connectivity index is 0.000000371. The summed E-state index contributed by atoms with van der Waals surface area (Å²) in [6, 6.07) is 2.25. The third-order valence-electron chi connectivity index (χ3n) is 1.90. The first-order valence-corrected chi connectivity index (χ1v) is 3.93. The maximum atomic E-state index is 8.52. The molecule has 0 heterocycles. The van der Waals surface area contributed by atoms with E-state index in [0.717, 1.165) is 12.8 Å². The second-order valence-electron chi connectivity index (χ2n) is 2.30. The molecule has 0 aromatic carbocycles. The summed E-state index contributed by atoms with van der Waals surface area (Å²) in [5.41, 5.74) is -0.139. The molecule has 0 radical (unpaired) electrons. The van der Waals surface area contributed by atoms with Crippen LogP contribution < -0.4 is 5.32 Å². The molecule has 0 atom stereocenters. The predicted octanol–water partition coefficient (Wildman–Crippen LogP) is 1.68. The van der Waals surface area contributed by atoms with Gasteiger partial charge in [-0.05, 0) is 26.3 Å². The predicted molar refractivity (Wildman–Crippen MR) is 42.6 cm³/mol. The highest BCUT2D eigenvalue weighted by molar-refractivity contribution is 5.11. The van der Waals surface area contributed by atoms with Crippen LogP contribution in [0.2, 0.25) is 0 Å². The van der Waals surface area contributed by atoms with Crippen LogP contribution in [0, 0.1) is 11.3 Å². The Hall–Kier alpha value is -0.550. The Labute approximate surface area is 63.2 Å². The third kappa shape index (κ3) is 1.71. The molecule has 2 nitrogen and oxygen atoms in total. The number of nitrogens with zero attached hydrogens (tertiary/aromatic N) is 1.